The van der Waals surface area contributed by atoms with Crippen LogP contribution < -0.4 is 4.72 Å². The number of hydrogen-bond donors (Lipinski definition) is 1. The first-order valence-electron chi connectivity index (χ1n) is 9.95. The first-order chi connectivity index (χ1) is 15.0. The molecular formula is C25H19FN2O2S. The highest BCUT2D eigenvalue weighted by atomic mass is 32.2. The number of anilines is 1. The zero-order chi connectivity index (χ0) is 21.4. The topological polar surface area (TPSA) is 58.5 Å². The molecule has 0 unspecified atom stereocenters. The van der Waals surface area contributed by atoms with Gasteiger partial charge in [-0.1, -0.05) is 42.5 Å². The standard InChI is InChI=1S/C25H19FN2O2S/c26-21-8-12-24-20(15-21)13-14-27-25(24)18-5-9-22(10-6-18)28-31(29,30)23-11-7-17-3-1-2-4-19(17)16-23/h1-12,15-16,28H,13-14H2. The first kappa shape index (κ1) is 19.5. The molecule has 1 N–H and O–H groups in total. The van der Waals surface area contributed by atoms with Gasteiger partial charge < -0.3 is 0 Å². The van der Waals surface area contributed by atoms with Crippen LogP contribution in [0.5, 0.6) is 0 Å². The summed E-state index contributed by atoms with van der Waals surface area (Å²) >= 11 is 0. The molecule has 6 heteroatoms. The van der Waals surface area contributed by atoms with Gasteiger partial charge in [-0.15, -0.1) is 0 Å². The Hall–Kier alpha value is -3.51. The predicted octanol–water partition coefficient (Wildman–Crippen LogP) is 5.17. The van der Waals surface area contributed by atoms with Gasteiger partial charge in [0.15, 0.2) is 0 Å². The van der Waals surface area contributed by atoms with Gasteiger partial charge in [0.25, 0.3) is 10.0 Å². The fraction of sp³-hybridized carbons (Fsp3) is 0.0800. The monoisotopic (exact) mass is 430 g/mol. The lowest BCUT2D eigenvalue weighted by atomic mass is 9.93. The van der Waals surface area contributed by atoms with Crippen molar-refractivity contribution in [2.75, 3.05) is 11.3 Å². The van der Waals surface area contributed by atoms with Crippen molar-refractivity contribution < 1.29 is 12.8 Å². The minimum atomic E-state index is -3.72. The van der Waals surface area contributed by atoms with Gasteiger partial charge in [0.05, 0.1) is 10.6 Å². The van der Waals surface area contributed by atoms with Crippen LogP contribution in [0.15, 0.2) is 94.8 Å². The fourth-order valence-corrected chi connectivity index (χ4v) is 4.96. The molecule has 1 aliphatic rings. The van der Waals surface area contributed by atoms with Crippen LogP contribution in [0, 0.1) is 5.82 Å². The highest BCUT2D eigenvalue weighted by molar-refractivity contribution is 7.92. The van der Waals surface area contributed by atoms with E-state index in [1.807, 2.05) is 36.4 Å². The summed E-state index contributed by atoms with van der Waals surface area (Å²) in [5, 5.41) is 1.85. The molecule has 0 amide bonds. The van der Waals surface area contributed by atoms with E-state index >= 15 is 0 Å². The van der Waals surface area contributed by atoms with Gasteiger partial charge in [0.1, 0.15) is 5.82 Å². The fourth-order valence-electron chi connectivity index (χ4n) is 3.87. The molecule has 0 aromatic heterocycles. The quantitative estimate of drug-likeness (QED) is 0.485. The maximum Gasteiger partial charge on any atom is 0.261 e. The van der Waals surface area contributed by atoms with Gasteiger partial charge in [-0.3, -0.25) is 9.71 Å². The Morgan fingerprint density at radius 3 is 2.42 bits per heavy atom. The van der Waals surface area contributed by atoms with Crippen molar-refractivity contribution in [2.45, 2.75) is 11.3 Å². The molecular weight excluding hydrogens is 411 g/mol. The minimum Gasteiger partial charge on any atom is -0.284 e. The normalized spacial score (nSPS) is 13.5. The number of nitrogens with zero attached hydrogens (tertiary/aromatic N) is 1. The van der Waals surface area contributed by atoms with E-state index in [9.17, 15) is 12.8 Å². The summed E-state index contributed by atoms with van der Waals surface area (Å²) in [5.41, 5.74) is 3.97. The molecule has 4 aromatic carbocycles. The van der Waals surface area contributed by atoms with Crippen molar-refractivity contribution in [3.05, 3.63) is 107 Å². The van der Waals surface area contributed by atoms with Crippen molar-refractivity contribution in [3.8, 4) is 0 Å². The number of hydrogen-bond acceptors (Lipinski definition) is 3. The van der Waals surface area contributed by atoms with Gasteiger partial charge in [0, 0.05) is 23.4 Å². The third-order valence-corrected chi connectivity index (χ3v) is 6.79. The molecule has 0 spiro atoms. The second-order valence-corrected chi connectivity index (χ2v) is 9.16. The van der Waals surface area contributed by atoms with Crippen LogP contribution in [0.1, 0.15) is 16.7 Å². The summed E-state index contributed by atoms with van der Waals surface area (Å²) in [6.45, 7) is 0.599. The Morgan fingerprint density at radius 1 is 0.839 bits per heavy atom. The molecule has 0 fully saturated rings. The van der Waals surface area contributed by atoms with Crippen molar-refractivity contribution >= 4 is 32.2 Å². The van der Waals surface area contributed by atoms with Gasteiger partial charge in [-0.25, -0.2) is 12.8 Å². The van der Waals surface area contributed by atoms with E-state index in [4.69, 9.17) is 0 Å². The van der Waals surface area contributed by atoms with Crippen LogP contribution in [0.25, 0.3) is 10.8 Å². The van der Waals surface area contributed by atoms with Crippen molar-refractivity contribution in [1.82, 2.24) is 0 Å². The molecule has 5 rings (SSSR count). The lowest BCUT2D eigenvalue weighted by Gasteiger charge is -2.17. The first-order valence-corrected chi connectivity index (χ1v) is 11.4. The number of rotatable bonds is 4. The predicted molar refractivity (Wildman–Crippen MR) is 122 cm³/mol. The molecule has 0 atom stereocenters. The highest BCUT2D eigenvalue weighted by Gasteiger charge is 2.18. The number of halogens is 1. The maximum atomic E-state index is 13.6. The van der Waals surface area contributed by atoms with Crippen molar-refractivity contribution in [2.24, 2.45) is 4.99 Å². The Bertz CT molecular complexity index is 1430. The summed E-state index contributed by atoms with van der Waals surface area (Å²) < 4.78 is 41.9. The molecule has 0 radical (unpaired) electrons. The zero-order valence-corrected chi connectivity index (χ0v) is 17.4. The average molecular weight is 431 g/mol. The van der Waals surface area contributed by atoms with Crippen LogP contribution in [0.3, 0.4) is 0 Å². The number of fused-ring (bicyclic) bond motifs is 2. The summed E-state index contributed by atoms with van der Waals surface area (Å²) in [6, 6.07) is 24.5. The molecule has 31 heavy (non-hydrogen) atoms. The zero-order valence-electron chi connectivity index (χ0n) is 16.5. The Labute approximate surface area is 180 Å². The molecule has 0 aliphatic carbocycles. The molecule has 1 heterocycles. The van der Waals surface area contributed by atoms with Crippen LogP contribution in [-0.4, -0.2) is 20.7 Å². The second-order valence-electron chi connectivity index (χ2n) is 7.47. The van der Waals surface area contributed by atoms with Crippen LogP contribution in [-0.2, 0) is 16.4 Å². The third kappa shape index (κ3) is 3.82. The molecule has 154 valence electrons. The SMILES string of the molecule is O=S(=O)(Nc1ccc(C2=NCCc3cc(F)ccc32)cc1)c1ccc2ccccc2c1. The molecule has 1 aliphatic heterocycles. The molecule has 4 nitrogen and oxygen atoms in total. The summed E-state index contributed by atoms with van der Waals surface area (Å²) in [4.78, 5) is 4.82. The molecule has 4 aromatic rings. The lowest BCUT2D eigenvalue weighted by molar-refractivity contribution is 0.601. The van der Waals surface area contributed by atoms with Gasteiger partial charge in [-0.2, -0.15) is 0 Å². The van der Waals surface area contributed by atoms with E-state index in [1.54, 1.807) is 42.5 Å². The van der Waals surface area contributed by atoms with E-state index < -0.39 is 10.0 Å². The van der Waals surface area contributed by atoms with Crippen LogP contribution >= 0.6 is 0 Å². The van der Waals surface area contributed by atoms with Gasteiger partial charge in [-0.05, 0) is 65.2 Å². The summed E-state index contributed by atoms with van der Waals surface area (Å²) in [5.74, 6) is -0.251. The van der Waals surface area contributed by atoms with E-state index in [1.165, 1.54) is 6.07 Å². The number of nitrogens with one attached hydrogen (secondary N) is 1. The van der Waals surface area contributed by atoms with Crippen LogP contribution in [0.2, 0.25) is 0 Å². The smallest absolute Gasteiger partial charge is 0.261 e. The minimum absolute atomic E-state index is 0.211. The molecule has 0 saturated heterocycles. The summed E-state index contributed by atoms with van der Waals surface area (Å²) in [6.07, 6.45) is 0.709. The number of sulfonamides is 1. The summed E-state index contributed by atoms with van der Waals surface area (Å²) in [7, 11) is -3.72. The van der Waals surface area contributed by atoms with E-state index in [-0.39, 0.29) is 10.7 Å². The third-order valence-electron chi connectivity index (χ3n) is 5.42. The van der Waals surface area contributed by atoms with Crippen molar-refractivity contribution in [3.63, 3.8) is 0 Å². The average Bonchev–Trinajstić information content (AvgIpc) is 2.78. The Kier molecular flexibility index (Phi) is 4.79. The van der Waals surface area contributed by atoms with Crippen molar-refractivity contribution in [1.29, 1.82) is 0 Å². The molecule has 0 bridgehead atoms. The highest BCUT2D eigenvalue weighted by Crippen LogP contribution is 2.24. The Balaban J connectivity index is 1.41. The largest absolute Gasteiger partial charge is 0.284 e. The molecule has 0 saturated carbocycles. The van der Waals surface area contributed by atoms with Gasteiger partial charge >= 0.3 is 0 Å². The lowest BCUT2D eigenvalue weighted by Crippen LogP contribution is -2.15. The maximum absolute atomic E-state index is 13.6. The van der Waals surface area contributed by atoms with E-state index in [0.29, 0.717) is 18.7 Å². The Morgan fingerprint density at radius 2 is 1.61 bits per heavy atom. The van der Waals surface area contributed by atoms with E-state index in [2.05, 4.69) is 9.71 Å². The second kappa shape index (κ2) is 7.63. The van der Waals surface area contributed by atoms with Gasteiger partial charge in [0.2, 0.25) is 0 Å². The van der Waals surface area contributed by atoms with Crippen LogP contribution in [0.4, 0.5) is 10.1 Å². The number of benzene rings is 4. The van der Waals surface area contributed by atoms with E-state index in [0.717, 1.165) is 33.2 Å². The number of aliphatic imine (C=N–C) groups is 1.